The normalized spacial score (nSPS) is 11.8. The summed E-state index contributed by atoms with van der Waals surface area (Å²) in [7, 11) is 0. The molecule has 0 fully saturated rings. The predicted molar refractivity (Wildman–Crippen MR) is 71.5 cm³/mol. The summed E-state index contributed by atoms with van der Waals surface area (Å²) in [6, 6.07) is 7.89. The summed E-state index contributed by atoms with van der Waals surface area (Å²) in [5.41, 5.74) is 0.232. The van der Waals surface area contributed by atoms with Crippen molar-refractivity contribution in [1.29, 1.82) is 5.26 Å². The van der Waals surface area contributed by atoms with Crippen molar-refractivity contribution < 1.29 is 14.7 Å². The molecule has 1 aromatic rings. The molecule has 0 aliphatic carbocycles. The van der Waals surface area contributed by atoms with Crippen molar-refractivity contribution in [3.05, 3.63) is 41.0 Å². The van der Waals surface area contributed by atoms with Gasteiger partial charge in [-0.25, -0.2) is 4.79 Å². The highest BCUT2D eigenvalue weighted by molar-refractivity contribution is 6.06. The van der Waals surface area contributed by atoms with Crippen LogP contribution in [-0.2, 0) is 4.79 Å². The van der Waals surface area contributed by atoms with Crippen LogP contribution in [0.25, 0.3) is 6.08 Å². The van der Waals surface area contributed by atoms with Crippen molar-refractivity contribution in [2.24, 2.45) is 5.41 Å². The number of hydrogen-bond donors (Lipinski definition) is 1. The Morgan fingerprint density at radius 2 is 1.74 bits per heavy atom. The first kappa shape index (κ1) is 14.7. The van der Waals surface area contributed by atoms with E-state index in [9.17, 15) is 9.59 Å². The second-order valence-corrected chi connectivity index (χ2v) is 5.18. The topological polar surface area (TPSA) is 78.2 Å². The molecule has 98 valence electrons. The molecule has 0 heterocycles. The van der Waals surface area contributed by atoms with Gasteiger partial charge in [-0.2, -0.15) is 5.26 Å². The first-order chi connectivity index (χ1) is 8.75. The van der Waals surface area contributed by atoms with Crippen molar-refractivity contribution in [1.82, 2.24) is 0 Å². The summed E-state index contributed by atoms with van der Waals surface area (Å²) in [6.45, 7) is 5.23. The summed E-state index contributed by atoms with van der Waals surface area (Å²) in [6.07, 6.45) is 1.47. The number of benzene rings is 1. The number of carbonyl (C=O) groups excluding carboxylic acids is 1. The lowest BCUT2D eigenvalue weighted by Crippen LogP contribution is -2.21. The van der Waals surface area contributed by atoms with Crippen LogP contribution in [0.5, 0.6) is 0 Å². The van der Waals surface area contributed by atoms with Crippen LogP contribution in [0.1, 0.15) is 36.7 Å². The Labute approximate surface area is 112 Å². The van der Waals surface area contributed by atoms with Gasteiger partial charge >= 0.3 is 5.97 Å². The summed E-state index contributed by atoms with van der Waals surface area (Å²) >= 11 is 0. The third kappa shape index (κ3) is 3.78. The lowest BCUT2D eigenvalue weighted by molar-refractivity contribution is -0.121. The van der Waals surface area contributed by atoms with E-state index in [0.29, 0.717) is 5.56 Å². The molecule has 4 heteroatoms. The zero-order chi connectivity index (χ0) is 14.6. The minimum atomic E-state index is -1.01. The highest BCUT2D eigenvalue weighted by Gasteiger charge is 2.24. The average Bonchev–Trinajstić information content (AvgIpc) is 2.34. The van der Waals surface area contributed by atoms with E-state index in [1.807, 2.05) is 6.07 Å². The molecular weight excluding hydrogens is 242 g/mol. The van der Waals surface area contributed by atoms with Crippen LogP contribution < -0.4 is 0 Å². The van der Waals surface area contributed by atoms with Gasteiger partial charge in [0, 0.05) is 5.41 Å². The first-order valence-electron chi connectivity index (χ1n) is 5.75. The van der Waals surface area contributed by atoms with Crippen molar-refractivity contribution in [2.75, 3.05) is 0 Å². The average molecular weight is 257 g/mol. The lowest BCUT2D eigenvalue weighted by Gasteiger charge is -2.15. The van der Waals surface area contributed by atoms with Gasteiger partial charge in [0.05, 0.1) is 11.1 Å². The molecule has 1 N–H and O–H groups in total. The van der Waals surface area contributed by atoms with E-state index < -0.39 is 11.4 Å². The zero-order valence-electron chi connectivity index (χ0n) is 11.1. The van der Waals surface area contributed by atoms with Gasteiger partial charge in [-0.1, -0.05) is 32.9 Å². The van der Waals surface area contributed by atoms with Crippen molar-refractivity contribution in [3.8, 4) is 6.07 Å². The minimum Gasteiger partial charge on any atom is -0.478 e. The number of carboxylic acids is 1. The minimum absolute atomic E-state index is 0.0653. The Balaban J connectivity index is 3.10. The molecule has 0 saturated carbocycles. The number of carboxylic acid groups (broad SMARTS) is 1. The third-order valence-electron chi connectivity index (χ3n) is 2.51. The van der Waals surface area contributed by atoms with Crippen LogP contribution >= 0.6 is 0 Å². The van der Waals surface area contributed by atoms with Gasteiger partial charge in [-0.3, -0.25) is 4.79 Å². The van der Waals surface area contributed by atoms with Crippen molar-refractivity contribution in [2.45, 2.75) is 20.8 Å². The van der Waals surface area contributed by atoms with E-state index in [1.54, 1.807) is 32.9 Å². The summed E-state index contributed by atoms with van der Waals surface area (Å²) in [5.74, 6) is -1.25. The van der Waals surface area contributed by atoms with Crippen LogP contribution in [0.15, 0.2) is 29.8 Å². The molecule has 0 saturated heterocycles. The van der Waals surface area contributed by atoms with Gasteiger partial charge in [0.2, 0.25) is 0 Å². The quantitative estimate of drug-likeness (QED) is 0.667. The maximum Gasteiger partial charge on any atom is 0.335 e. The van der Waals surface area contributed by atoms with Gasteiger partial charge < -0.3 is 5.11 Å². The fourth-order valence-electron chi connectivity index (χ4n) is 1.44. The molecule has 1 aromatic carbocycles. The summed E-state index contributed by atoms with van der Waals surface area (Å²) in [5, 5.41) is 17.8. The number of ketones is 1. The molecule has 19 heavy (non-hydrogen) atoms. The van der Waals surface area contributed by atoms with Gasteiger partial charge in [0.1, 0.15) is 6.07 Å². The van der Waals surface area contributed by atoms with Crippen LogP contribution in [0.2, 0.25) is 0 Å². The largest absolute Gasteiger partial charge is 0.478 e. The molecule has 0 aliphatic rings. The molecular formula is C15H15NO3. The standard InChI is InChI=1S/C15H15NO3/c1-15(2,3)13(17)12(9-16)8-10-4-6-11(7-5-10)14(18)19/h4-8H,1-3H3,(H,18,19)/b12-8+. The highest BCUT2D eigenvalue weighted by atomic mass is 16.4. The third-order valence-corrected chi connectivity index (χ3v) is 2.51. The molecule has 0 amide bonds. The van der Waals surface area contributed by atoms with E-state index in [0.717, 1.165) is 0 Å². The van der Waals surface area contributed by atoms with Crippen LogP contribution in [-0.4, -0.2) is 16.9 Å². The Hall–Kier alpha value is -2.41. The molecule has 0 atom stereocenters. The first-order valence-corrected chi connectivity index (χ1v) is 5.75. The van der Waals surface area contributed by atoms with Gasteiger partial charge in [-0.05, 0) is 23.8 Å². The second kappa shape index (κ2) is 5.49. The fourth-order valence-corrected chi connectivity index (χ4v) is 1.44. The zero-order valence-corrected chi connectivity index (χ0v) is 11.1. The van der Waals surface area contributed by atoms with E-state index >= 15 is 0 Å². The monoisotopic (exact) mass is 257 g/mol. The van der Waals surface area contributed by atoms with Gasteiger partial charge in [0.15, 0.2) is 5.78 Å². The Morgan fingerprint density at radius 3 is 2.11 bits per heavy atom. The van der Waals surface area contributed by atoms with E-state index in [1.165, 1.54) is 18.2 Å². The number of allylic oxidation sites excluding steroid dienone is 1. The number of Topliss-reactive ketones (excluding diaryl/α,β-unsaturated/α-hetero) is 1. The Kier molecular flexibility index (Phi) is 4.23. The number of nitrogens with zero attached hydrogens (tertiary/aromatic N) is 1. The lowest BCUT2D eigenvalue weighted by atomic mass is 9.86. The van der Waals surface area contributed by atoms with E-state index in [-0.39, 0.29) is 16.9 Å². The van der Waals surface area contributed by atoms with Gasteiger partial charge in [-0.15, -0.1) is 0 Å². The molecule has 0 spiro atoms. The van der Waals surface area contributed by atoms with Crippen LogP contribution in [0, 0.1) is 16.7 Å². The Bertz CT molecular complexity index is 569. The van der Waals surface area contributed by atoms with Crippen LogP contribution in [0.3, 0.4) is 0 Å². The van der Waals surface area contributed by atoms with E-state index in [4.69, 9.17) is 10.4 Å². The fraction of sp³-hybridized carbons (Fsp3) is 0.267. The van der Waals surface area contributed by atoms with Crippen LogP contribution in [0.4, 0.5) is 0 Å². The van der Waals surface area contributed by atoms with E-state index in [2.05, 4.69) is 0 Å². The molecule has 0 aliphatic heterocycles. The molecule has 0 bridgehead atoms. The number of carbonyl (C=O) groups is 2. The maximum atomic E-state index is 12.0. The van der Waals surface area contributed by atoms with Gasteiger partial charge in [0.25, 0.3) is 0 Å². The number of aromatic carboxylic acids is 1. The molecule has 4 nitrogen and oxygen atoms in total. The Morgan fingerprint density at radius 1 is 1.21 bits per heavy atom. The summed E-state index contributed by atoms with van der Waals surface area (Å²) in [4.78, 5) is 22.7. The number of rotatable bonds is 3. The smallest absolute Gasteiger partial charge is 0.335 e. The highest BCUT2D eigenvalue weighted by Crippen LogP contribution is 2.21. The SMILES string of the molecule is CC(C)(C)C(=O)/C(C#N)=C/c1ccc(C(=O)O)cc1. The molecule has 1 rings (SSSR count). The van der Waals surface area contributed by atoms with Crippen molar-refractivity contribution >= 4 is 17.8 Å². The molecule has 0 unspecified atom stereocenters. The van der Waals surface area contributed by atoms with Crippen molar-refractivity contribution in [3.63, 3.8) is 0 Å². The predicted octanol–water partition coefficient (Wildman–Crippen LogP) is 2.91. The number of hydrogen-bond acceptors (Lipinski definition) is 3. The number of nitriles is 1. The molecule has 0 radical (unpaired) electrons. The maximum absolute atomic E-state index is 12.0. The molecule has 0 aromatic heterocycles. The second-order valence-electron chi connectivity index (χ2n) is 5.18. The summed E-state index contributed by atoms with van der Waals surface area (Å²) < 4.78 is 0.